The van der Waals surface area contributed by atoms with Crippen molar-refractivity contribution in [2.75, 3.05) is 13.2 Å². The van der Waals surface area contributed by atoms with E-state index in [2.05, 4.69) is 16.4 Å². The van der Waals surface area contributed by atoms with Gasteiger partial charge in [0.05, 0.1) is 6.61 Å². The normalized spacial score (nSPS) is 10.6. The first-order valence-electron chi connectivity index (χ1n) is 7.25. The first kappa shape index (κ1) is 16.9. The van der Waals surface area contributed by atoms with Crippen molar-refractivity contribution in [3.8, 4) is 0 Å². The van der Waals surface area contributed by atoms with Gasteiger partial charge >= 0.3 is 5.97 Å². The largest absolute Gasteiger partial charge is 0.461 e. The minimum absolute atomic E-state index is 0.356. The van der Waals surface area contributed by atoms with Crippen molar-refractivity contribution in [2.45, 2.75) is 26.3 Å². The quantitative estimate of drug-likeness (QED) is 0.589. The van der Waals surface area contributed by atoms with Crippen LogP contribution in [0, 0.1) is 0 Å². The second-order valence-corrected chi connectivity index (χ2v) is 6.14. The van der Waals surface area contributed by atoms with Crippen LogP contribution in [0.2, 0.25) is 5.02 Å². The molecule has 0 amide bonds. The highest BCUT2D eigenvalue weighted by Gasteiger charge is 2.10. The molecule has 0 unspecified atom stereocenters. The minimum Gasteiger partial charge on any atom is -0.461 e. The van der Waals surface area contributed by atoms with Crippen molar-refractivity contribution in [1.29, 1.82) is 0 Å². The fourth-order valence-electron chi connectivity index (χ4n) is 2.00. The summed E-state index contributed by atoms with van der Waals surface area (Å²) in [7, 11) is 0. The summed E-state index contributed by atoms with van der Waals surface area (Å²) in [5.74, 6) is -0.356. The van der Waals surface area contributed by atoms with E-state index in [-0.39, 0.29) is 5.97 Å². The molecule has 1 N–H and O–H groups in total. The van der Waals surface area contributed by atoms with Gasteiger partial charge in [-0.05, 0) is 44.0 Å². The Labute approximate surface area is 139 Å². The maximum Gasteiger partial charge on any atom is 0.357 e. The minimum atomic E-state index is -0.356. The number of hydrogen-bond acceptors (Lipinski definition) is 5. The highest BCUT2D eigenvalue weighted by molar-refractivity contribution is 7.09. The van der Waals surface area contributed by atoms with Gasteiger partial charge in [-0.2, -0.15) is 0 Å². The number of aryl methyl sites for hydroxylation is 1. The fraction of sp³-hybridized carbons (Fsp3) is 0.375. The number of ether oxygens (including phenoxy) is 1. The molecule has 0 saturated heterocycles. The van der Waals surface area contributed by atoms with Gasteiger partial charge in [0.15, 0.2) is 5.69 Å². The number of carbonyl (C=O) groups is 1. The third-order valence-corrected chi connectivity index (χ3v) is 4.10. The highest BCUT2D eigenvalue weighted by Crippen LogP contribution is 2.12. The van der Waals surface area contributed by atoms with Gasteiger partial charge in [-0.25, -0.2) is 9.78 Å². The molecule has 0 saturated carbocycles. The molecule has 0 spiro atoms. The van der Waals surface area contributed by atoms with E-state index in [1.165, 1.54) is 16.9 Å². The Morgan fingerprint density at radius 1 is 1.45 bits per heavy atom. The van der Waals surface area contributed by atoms with Crippen molar-refractivity contribution in [1.82, 2.24) is 10.3 Å². The van der Waals surface area contributed by atoms with Crippen LogP contribution in [-0.4, -0.2) is 24.1 Å². The van der Waals surface area contributed by atoms with Crippen LogP contribution in [0.1, 0.15) is 34.4 Å². The van der Waals surface area contributed by atoms with E-state index < -0.39 is 0 Å². The van der Waals surface area contributed by atoms with Gasteiger partial charge in [0.2, 0.25) is 0 Å². The van der Waals surface area contributed by atoms with Crippen molar-refractivity contribution >= 4 is 28.9 Å². The molecule has 2 rings (SSSR count). The molecule has 22 heavy (non-hydrogen) atoms. The standard InChI is InChI=1S/C16H19ClN2O2S/c1-2-21-16(20)14-11-22-15(19-14)10-18-8-4-6-12-5-3-7-13(17)9-12/h3,5,7,9,11,18H,2,4,6,8,10H2,1H3. The summed E-state index contributed by atoms with van der Waals surface area (Å²) in [6.07, 6.45) is 2.01. The predicted octanol–water partition coefficient (Wildman–Crippen LogP) is 3.70. The Morgan fingerprint density at radius 2 is 2.32 bits per heavy atom. The van der Waals surface area contributed by atoms with Crippen LogP contribution in [0.25, 0.3) is 0 Å². The van der Waals surface area contributed by atoms with E-state index in [1.54, 1.807) is 12.3 Å². The Hall–Kier alpha value is -1.43. The molecule has 6 heteroatoms. The second kappa shape index (κ2) is 8.88. The first-order chi connectivity index (χ1) is 10.7. The average molecular weight is 339 g/mol. The molecule has 118 valence electrons. The monoisotopic (exact) mass is 338 g/mol. The smallest absolute Gasteiger partial charge is 0.357 e. The topological polar surface area (TPSA) is 51.2 Å². The second-order valence-electron chi connectivity index (χ2n) is 4.76. The molecule has 1 aromatic carbocycles. The highest BCUT2D eigenvalue weighted by atomic mass is 35.5. The van der Waals surface area contributed by atoms with Crippen LogP contribution in [0.15, 0.2) is 29.6 Å². The number of nitrogens with zero attached hydrogens (tertiary/aromatic N) is 1. The summed E-state index contributed by atoms with van der Waals surface area (Å²) in [5, 5.41) is 6.74. The summed E-state index contributed by atoms with van der Waals surface area (Å²) in [6.45, 7) is 3.71. The molecule has 2 aromatic rings. The number of hydrogen-bond donors (Lipinski definition) is 1. The third-order valence-electron chi connectivity index (χ3n) is 3.02. The number of halogens is 1. The number of benzene rings is 1. The van der Waals surface area contributed by atoms with Crippen molar-refractivity contribution in [3.63, 3.8) is 0 Å². The number of esters is 1. The zero-order valence-corrected chi connectivity index (χ0v) is 14.0. The zero-order valence-electron chi connectivity index (χ0n) is 12.5. The molecule has 0 bridgehead atoms. The molecule has 0 aliphatic rings. The molecule has 0 fully saturated rings. The molecule has 0 aliphatic carbocycles. The van der Waals surface area contributed by atoms with Gasteiger partial charge in [0.1, 0.15) is 5.01 Å². The van der Waals surface area contributed by atoms with Crippen molar-refractivity contribution < 1.29 is 9.53 Å². The lowest BCUT2D eigenvalue weighted by Gasteiger charge is -2.03. The third kappa shape index (κ3) is 5.40. The van der Waals surface area contributed by atoms with Crippen molar-refractivity contribution in [3.05, 3.63) is 50.9 Å². The van der Waals surface area contributed by atoms with Gasteiger partial charge in [-0.15, -0.1) is 11.3 Å². The lowest BCUT2D eigenvalue weighted by molar-refractivity contribution is 0.0520. The van der Waals surface area contributed by atoms with Crippen LogP contribution in [0.4, 0.5) is 0 Å². The zero-order chi connectivity index (χ0) is 15.8. The van der Waals surface area contributed by atoms with Crippen LogP contribution < -0.4 is 5.32 Å². The van der Waals surface area contributed by atoms with E-state index in [0.29, 0.717) is 18.8 Å². The molecular weight excluding hydrogens is 320 g/mol. The van der Waals surface area contributed by atoms with Gasteiger partial charge in [0, 0.05) is 16.9 Å². The summed E-state index contributed by atoms with van der Waals surface area (Å²) < 4.78 is 4.92. The first-order valence-corrected chi connectivity index (χ1v) is 8.51. The summed E-state index contributed by atoms with van der Waals surface area (Å²) >= 11 is 7.42. The van der Waals surface area contributed by atoms with Gasteiger partial charge in [-0.1, -0.05) is 23.7 Å². The molecule has 1 aromatic heterocycles. The van der Waals surface area contributed by atoms with E-state index in [4.69, 9.17) is 16.3 Å². The molecule has 4 nitrogen and oxygen atoms in total. The molecular formula is C16H19ClN2O2S. The molecule has 0 atom stereocenters. The Balaban J connectivity index is 1.67. The number of carbonyl (C=O) groups excluding carboxylic acids is 1. The molecule has 0 aliphatic heterocycles. The average Bonchev–Trinajstić information content (AvgIpc) is 2.96. The fourth-order valence-corrected chi connectivity index (χ4v) is 2.94. The summed E-state index contributed by atoms with van der Waals surface area (Å²) in [5.41, 5.74) is 1.63. The van der Waals surface area contributed by atoms with Crippen LogP contribution >= 0.6 is 22.9 Å². The lowest BCUT2D eigenvalue weighted by Crippen LogP contribution is -2.15. The van der Waals surface area contributed by atoms with Crippen LogP contribution in [0.5, 0.6) is 0 Å². The Bertz CT molecular complexity index is 616. The van der Waals surface area contributed by atoms with Crippen molar-refractivity contribution in [2.24, 2.45) is 0 Å². The summed E-state index contributed by atoms with van der Waals surface area (Å²) in [6, 6.07) is 7.93. The number of thiazole rings is 1. The maximum absolute atomic E-state index is 11.5. The predicted molar refractivity (Wildman–Crippen MR) is 89.6 cm³/mol. The lowest BCUT2D eigenvalue weighted by atomic mass is 10.1. The van der Waals surface area contributed by atoms with Gasteiger partial charge < -0.3 is 10.1 Å². The number of aromatic nitrogens is 1. The van der Waals surface area contributed by atoms with E-state index >= 15 is 0 Å². The SMILES string of the molecule is CCOC(=O)c1csc(CNCCCc2cccc(Cl)c2)n1. The maximum atomic E-state index is 11.5. The van der Waals surface area contributed by atoms with E-state index in [1.807, 2.05) is 18.2 Å². The number of nitrogens with one attached hydrogen (secondary N) is 1. The Morgan fingerprint density at radius 3 is 3.09 bits per heavy atom. The Kier molecular flexibility index (Phi) is 6.83. The molecule has 1 heterocycles. The van der Waals surface area contributed by atoms with Gasteiger partial charge in [0.25, 0.3) is 0 Å². The van der Waals surface area contributed by atoms with Gasteiger partial charge in [-0.3, -0.25) is 0 Å². The van der Waals surface area contributed by atoms with Crippen LogP contribution in [-0.2, 0) is 17.7 Å². The van der Waals surface area contributed by atoms with E-state index in [9.17, 15) is 4.79 Å². The summed E-state index contributed by atoms with van der Waals surface area (Å²) in [4.78, 5) is 15.8. The van der Waals surface area contributed by atoms with E-state index in [0.717, 1.165) is 29.4 Å². The molecule has 0 radical (unpaired) electrons. The van der Waals surface area contributed by atoms with Crippen LogP contribution in [0.3, 0.4) is 0 Å². The number of rotatable bonds is 8.